The second-order valence-corrected chi connectivity index (χ2v) is 4.60. The smallest absolute Gasteiger partial charge is 0.323 e. The molecule has 0 bridgehead atoms. The number of amides is 2. The number of rotatable bonds is 5. The molecule has 0 spiro atoms. The molecule has 0 radical (unpaired) electrons. The number of hydrogen-bond acceptors (Lipinski definition) is 2. The SMILES string of the molecule is CCN(CC)C(=O)N(Nc1ccccc1)c1ccccc1. The second kappa shape index (κ2) is 7.33. The zero-order valence-electron chi connectivity index (χ0n) is 12.5. The first-order valence-electron chi connectivity index (χ1n) is 7.22. The van der Waals surface area contributed by atoms with Crippen LogP contribution in [0.1, 0.15) is 13.8 Å². The Labute approximate surface area is 126 Å². The molecule has 21 heavy (non-hydrogen) atoms. The highest BCUT2D eigenvalue weighted by molar-refractivity contribution is 5.94. The van der Waals surface area contributed by atoms with Crippen LogP contribution in [0.25, 0.3) is 0 Å². The van der Waals surface area contributed by atoms with Crippen LogP contribution in [0.5, 0.6) is 0 Å². The summed E-state index contributed by atoms with van der Waals surface area (Å²) >= 11 is 0. The zero-order chi connectivity index (χ0) is 15.1. The van der Waals surface area contributed by atoms with E-state index in [1.807, 2.05) is 74.5 Å². The van der Waals surface area contributed by atoms with Crippen LogP contribution in [0.4, 0.5) is 16.2 Å². The number of benzene rings is 2. The van der Waals surface area contributed by atoms with Crippen LogP contribution < -0.4 is 10.4 Å². The van der Waals surface area contributed by atoms with Crippen LogP contribution in [0.15, 0.2) is 60.7 Å². The lowest BCUT2D eigenvalue weighted by atomic mass is 10.3. The van der Waals surface area contributed by atoms with Crippen molar-refractivity contribution in [2.24, 2.45) is 0 Å². The third kappa shape index (κ3) is 3.75. The lowest BCUT2D eigenvalue weighted by Crippen LogP contribution is -2.46. The van der Waals surface area contributed by atoms with Crippen LogP contribution in [0, 0.1) is 0 Å². The van der Waals surface area contributed by atoms with Gasteiger partial charge in [0.25, 0.3) is 0 Å². The molecule has 0 unspecified atom stereocenters. The number of para-hydroxylation sites is 2. The Hall–Kier alpha value is -2.49. The standard InChI is InChI=1S/C17H21N3O/c1-3-19(4-2)17(21)20(16-13-9-6-10-14-16)18-15-11-7-5-8-12-15/h5-14,18H,3-4H2,1-2H3. The van der Waals surface area contributed by atoms with Crippen LogP contribution in [0.2, 0.25) is 0 Å². The minimum atomic E-state index is -0.0601. The zero-order valence-corrected chi connectivity index (χ0v) is 12.5. The fourth-order valence-electron chi connectivity index (χ4n) is 2.08. The van der Waals surface area contributed by atoms with Crippen molar-refractivity contribution in [3.63, 3.8) is 0 Å². The van der Waals surface area contributed by atoms with Gasteiger partial charge in [0.05, 0.1) is 11.4 Å². The highest BCUT2D eigenvalue weighted by Gasteiger charge is 2.20. The molecule has 4 heteroatoms. The minimum Gasteiger partial charge on any atom is -0.323 e. The van der Waals surface area contributed by atoms with Crippen LogP contribution in [0.3, 0.4) is 0 Å². The van der Waals surface area contributed by atoms with Crippen molar-refractivity contribution in [3.05, 3.63) is 60.7 Å². The van der Waals surface area contributed by atoms with E-state index in [1.165, 1.54) is 0 Å². The van der Waals surface area contributed by atoms with Crippen molar-refractivity contribution in [1.29, 1.82) is 0 Å². The molecule has 2 amide bonds. The third-order valence-corrected chi connectivity index (χ3v) is 3.25. The number of carbonyl (C=O) groups is 1. The molecule has 0 aliphatic rings. The van der Waals surface area contributed by atoms with E-state index in [2.05, 4.69) is 5.43 Å². The molecule has 0 aliphatic heterocycles. The summed E-state index contributed by atoms with van der Waals surface area (Å²) in [5, 5.41) is 1.59. The Morgan fingerprint density at radius 1 is 0.905 bits per heavy atom. The maximum atomic E-state index is 12.7. The van der Waals surface area contributed by atoms with Gasteiger partial charge in [-0.2, -0.15) is 0 Å². The molecule has 0 saturated heterocycles. The molecule has 2 aromatic rings. The van der Waals surface area contributed by atoms with Gasteiger partial charge in [0.1, 0.15) is 0 Å². The fourth-order valence-corrected chi connectivity index (χ4v) is 2.08. The molecule has 4 nitrogen and oxygen atoms in total. The molecule has 0 aliphatic carbocycles. The minimum absolute atomic E-state index is 0.0601. The van der Waals surface area contributed by atoms with Crippen molar-refractivity contribution in [2.45, 2.75) is 13.8 Å². The number of anilines is 2. The first-order valence-corrected chi connectivity index (χ1v) is 7.22. The molecule has 0 fully saturated rings. The number of hydrogen-bond donors (Lipinski definition) is 1. The molecule has 2 aromatic carbocycles. The number of carbonyl (C=O) groups excluding carboxylic acids is 1. The first-order chi connectivity index (χ1) is 10.3. The Balaban J connectivity index is 2.29. The van der Waals surface area contributed by atoms with Gasteiger partial charge in [0.2, 0.25) is 0 Å². The number of nitrogens with one attached hydrogen (secondary N) is 1. The van der Waals surface area contributed by atoms with Crippen molar-refractivity contribution >= 4 is 17.4 Å². The van der Waals surface area contributed by atoms with Crippen molar-refractivity contribution < 1.29 is 4.79 Å². The predicted octanol–water partition coefficient (Wildman–Crippen LogP) is 3.98. The van der Waals surface area contributed by atoms with E-state index < -0.39 is 0 Å². The summed E-state index contributed by atoms with van der Waals surface area (Å²) in [7, 11) is 0. The molecule has 0 heterocycles. The van der Waals surface area contributed by atoms with Crippen molar-refractivity contribution in [1.82, 2.24) is 4.90 Å². The summed E-state index contributed by atoms with van der Waals surface area (Å²) in [5.74, 6) is 0. The quantitative estimate of drug-likeness (QED) is 0.842. The summed E-state index contributed by atoms with van der Waals surface area (Å²) in [5.41, 5.74) is 4.88. The van der Waals surface area contributed by atoms with Gasteiger partial charge in [-0.05, 0) is 38.1 Å². The Kier molecular flexibility index (Phi) is 5.21. The van der Waals surface area contributed by atoms with Gasteiger partial charge in [0.15, 0.2) is 0 Å². The maximum absolute atomic E-state index is 12.7. The van der Waals surface area contributed by atoms with E-state index in [0.717, 1.165) is 11.4 Å². The Morgan fingerprint density at radius 2 is 1.43 bits per heavy atom. The average Bonchev–Trinajstić information content (AvgIpc) is 2.55. The number of hydrazine groups is 1. The predicted molar refractivity (Wildman–Crippen MR) is 87.3 cm³/mol. The monoisotopic (exact) mass is 283 g/mol. The normalized spacial score (nSPS) is 10.0. The summed E-state index contributed by atoms with van der Waals surface area (Å²) in [6, 6.07) is 19.2. The molecule has 110 valence electrons. The summed E-state index contributed by atoms with van der Waals surface area (Å²) in [6.45, 7) is 5.31. The Morgan fingerprint density at radius 3 is 1.95 bits per heavy atom. The third-order valence-electron chi connectivity index (χ3n) is 3.25. The molecule has 0 atom stereocenters. The van der Waals surface area contributed by atoms with Gasteiger partial charge in [-0.15, -0.1) is 0 Å². The van der Waals surface area contributed by atoms with E-state index in [4.69, 9.17) is 0 Å². The van der Waals surface area contributed by atoms with E-state index in [-0.39, 0.29) is 6.03 Å². The van der Waals surface area contributed by atoms with Crippen LogP contribution in [-0.2, 0) is 0 Å². The highest BCUT2D eigenvalue weighted by Crippen LogP contribution is 2.18. The number of nitrogens with zero attached hydrogens (tertiary/aromatic N) is 2. The summed E-state index contributed by atoms with van der Waals surface area (Å²) in [6.07, 6.45) is 0. The topological polar surface area (TPSA) is 35.6 Å². The molecular weight excluding hydrogens is 262 g/mol. The molecule has 0 saturated carbocycles. The molecule has 1 N–H and O–H groups in total. The van der Waals surface area contributed by atoms with Gasteiger partial charge >= 0.3 is 6.03 Å². The number of urea groups is 1. The van der Waals surface area contributed by atoms with Gasteiger partial charge < -0.3 is 4.90 Å². The van der Waals surface area contributed by atoms with Crippen molar-refractivity contribution in [3.8, 4) is 0 Å². The maximum Gasteiger partial charge on any atom is 0.343 e. The van der Waals surface area contributed by atoms with E-state index in [0.29, 0.717) is 13.1 Å². The van der Waals surface area contributed by atoms with Gasteiger partial charge in [-0.1, -0.05) is 36.4 Å². The molecule has 2 rings (SSSR count). The lowest BCUT2D eigenvalue weighted by Gasteiger charge is -2.30. The van der Waals surface area contributed by atoms with Crippen molar-refractivity contribution in [2.75, 3.05) is 23.5 Å². The Bertz CT molecular complexity index is 553. The van der Waals surface area contributed by atoms with E-state index in [9.17, 15) is 4.79 Å². The van der Waals surface area contributed by atoms with Gasteiger partial charge in [0, 0.05) is 13.1 Å². The first kappa shape index (κ1) is 14.9. The fraction of sp³-hybridized carbons (Fsp3) is 0.235. The molecular formula is C17H21N3O. The average molecular weight is 283 g/mol. The summed E-state index contributed by atoms with van der Waals surface area (Å²) < 4.78 is 0. The van der Waals surface area contributed by atoms with E-state index in [1.54, 1.807) is 9.91 Å². The highest BCUT2D eigenvalue weighted by atomic mass is 16.2. The summed E-state index contributed by atoms with van der Waals surface area (Å²) in [4.78, 5) is 14.5. The van der Waals surface area contributed by atoms with Gasteiger partial charge in [-0.25, -0.2) is 9.80 Å². The molecule has 0 aromatic heterocycles. The largest absolute Gasteiger partial charge is 0.343 e. The van der Waals surface area contributed by atoms with Gasteiger partial charge in [-0.3, -0.25) is 5.43 Å². The van der Waals surface area contributed by atoms with Crippen LogP contribution in [-0.4, -0.2) is 24.0 Å². The second-order valence-electron chi connectivity index (χ2n) is 4.60. The van der Waals surface area contributed by atoms with E-state index >= 15 is 0 Å². The lowest BCUT2D eigenvalue weighted by molar-refractivity contribution is 0.211. The van der Waals surface area contributed by atoms with Crippen LogP contribution >= 0.6 is 0 Å².